The van der Waals surface area contributed by atoms with E-state index in [1.54, 1.807) is 17.8 Å². The van der Waals surface area contributed by atoms with E-state index < -0.39 is 0 Å². The van der Waals surface area contributed by atoms with E-state index in [0.29, 0.717) is 29.2 Å². The minimum atomic E-state index is -0.149. The summed E-state index contributed by atoms with van der Waals surface area (Å²) in [5.41, 5.74) is 2.11. The van der Waals surface area contributed by atoms with Gasteiger partial charge in [-0.1, -0.05) is 11.6 Å². The third-order valence-corrected chi connectivity index (χ3v) is 4.03. The normalized spacial score (nSPS) is 13.8. The van der Waals surface area contributed by atoms with E-state index in [4.69, 9.17) is 21.1 Å². The van der Waals surface area contributed by atoms with E-state index in [1.807, 2.05) is 6.07 Å². The summed E-state index contributed by atoms with van der Waals surface area (Å²) in [6.07, 6.45) is 3.04. The number of aryl methyl sites for hydroxylation is 1. The highest BCUT2D eigenvalue weighted by Crippen LogP contribution is 2.31. The molecule has 23 heavy (non-hydrogen) atoms. The van der Waals surface area contributed by atoms with E-state index >= 15 is 0 Å². The van der Waals surface area contributed by atoms with Crippen LogP contribution in [0.4, 0.5) is 0 Å². The van der Waals surface area contributed by atoms with Crippen LogP contribution < -0.4 is 10.3 Å². The third kappa shape index (κ3) is 2.38. The summed E-state index contributed by atoms with van der Waals surface area (Å²) >= 11 is 6.16. The molecular weight excluding hydrogens is 320 g/mol. The summed E-state index contributed by atoms with van der Waals surface area (Å²) in [4.78, 5) is 16.9. The zero-order chi connectivity index (χ0) is 16.0. The van der Waals surface area contributed by atoms with Gasteiger partial charge < -0.3 is 9.47 Å². The smallest absolute Gasteiger partial charge is 0.264 e. The maximum atomic E-state index is 12.6. The molecule has 0 bridgehead atoms. The highest BCUT2D eigenvalue weighted by Gasteiger charge is 2.18. The summed E-state index contributed by atoms with van der Waals surface area (Å²) in [5, 5.41) is 5.13. The molecule has 2 aromatic heterocycles. The lowest BCUT2D eigenvalue weighted by Gasteiger charge is -2.21. The molecule has 0 saturated carbocycles. The molecule has 1 aliphatic heterocycles. The quantitative estimate of drug-likeness (QED) is 0.714. The molecule has 3 aromatic rings. The molecule has 0 aliphatic carbocycles. The van der Waals surface area contributed by atoms with Crippen molar-refractivity contribution >= 4 is 22.6 Å². The highest BCUT2D eigenvalue weighted by atomic mass is 35.5. The Morgan fingerprint density at radius 3 is 3.13 bits per heavy atom. The molecule has 0 amide bonds. The van der Waals surface area contributed by atoms with Crippen molar-refractivity contribution in [1.82, 2.24) is 19.3 Å². The minimum Gasteiger partial charge on any atom is -0.467 e. The van der Waals surface area contributed by atoms with Crippen LogP contribution in [0, 0.1) is 0 Å². The number of hydrogen-bond donors (Lipinski definition) is 0. The second kappa shape index (κ2) is 5.36. The monoisotopic (exact) mass is 332 g/mol. The van der Waals surface area contributed by atoms with Crippen molar-refractivity contribution in [1.29, 1.82) is 0 Å². The van der Waals surface area contributed by atoms with Crippen molar-refractivity contribution < 1.29 is 9.47 Å². The molecule has 0 unspecified atom stereocenters. The first-order valence-corrected chi connectivity index (χ1v) is 7.40. The lowest BCUT2D eigenvalue weighted by atomic mass is 10.1. The van der Waals surface area contributed by atoms with Crippen LogP contribution in [0.25, 0.3) is 11.0 Å². The number of fused-ring (bicyclic) bond motifs is 2. The van der Waals surface area contributed by atoms with E-state index in [2.05, 4.69) is 10.1 Å². The Labute approximate surface area is 136 Å². The lowest BCUT2D eigenvalue weighted by molar-refractivity contribution is -0.0170. The van der Waals surface area contributed by atoms with Crippen molar-refractivity contribution in [2.24, 2.45) is 7.05 Å². The topological polar surface area (TPSA) is 71.2 Å². The van der Waals surface area contributed by atoms with Crippen molar-refractivity contribution in [2.45, 2.75) is 13.2 Å². The van der Waals surface area contributed by atoms with Gasteiger partial charge in [0.1, 0.15) is 17.5 Å². The Bertz CT molecular complexity index is 963. The van der Waals surface area contributed by atoms with Gasteiger partial charge in [-0.25, -0.2) is 4.98 Å². The summed E-state index contributed by atoms with van der Waals surface area (Å²) in [5.74, 6) is 0.721. The second-order valence-electron chi connectivity index (χ2n) is 5.35. The van der Waals surface area contributed by atoms with Gasteiger partial charge in [0.2, 0.25) is 0 Å². The van der Waals surface area contributed by atoms with Gasteiger partial charge in [-0.15, -0.1) is 0 Å². The van der Waals surface area contributed by atoms with Crippen molar-refractivity contribution in [3.8, 4) is 5.75 Å². The molecule has 3 heterocycles. The standard InChI is InChI=1S/C15H13ClN4O3/c1-19-14-12(4-18-19)15(21)20(7-17-14)5-9-2-11(16)3-10-6-22-8-23-13(9)10/h2-4,7H,5-6,8H2,1H3. The number of halogens is 1. The lowest BCUT2D eigenvalue weighted by Crippen LogP contribution is -2.22. The van der Waals surface area contributed by atoms with Crippen LogP contribution >= 0.6 is 11.6 Å². The van der Waals surface area contributed by atoms with Gasteiger partial charge in [-0.3, -0.25) is 14.0 Å². The molecule has 118 valence electrons. The molecule has 0 saturated heterocycles. The zero-order valence-corrected chi connectivity index (χ0v) is 13.1. The van der Waals surface area contributed by atoms with Gasteiger partial charge in [-0.2, -0.15) is 5.10 Å². The minimum absolute atomic E-state index is 0.149. The average Bonchev–Trinajstić information content (AvgIpc) is 2.92. The van der Waals surface area contributed by atoms with Crippen LogP contribution in [-0.2, 0) is 24.9 Å². The largest absolute Gasteiger partial charge is 0.467 e. The summed E-state index contributed by atoms with van der Waals surface area (Å²) < 4.78 is 13.9. The van der Waals surface area contributed by atoms with Crippen molar-refractivity contribution in [3.05, 3.63) is 51.2 Å². The zero-order valence-electron chi connectivity index (χ0n) is 12.3. The Morgan fingerprint density at radius 2 is 2.26 bits per heavy atom. The first-order chi connectivity index (χ1) is 11.1. The second-order valence-corrected chi connectivity index (χ2v) is 5.78. The van der Waals surface area contributed by atoms with E-state index in [0.717, 1.165) is 16.9 Å². The fraction of sp³-hybridized carbons (Fsp3) is 0.267. The number of rotatable bonds is 2. The molecule has 1 aliphatic rings. The predicted octanol–water partition coefficient (Wildman–Crippen LogP) is 1.70. The molecule has 0 N–H and O–H groups in total. The van der Waals surface area contributed by atoms with Crippen molar-refractivity contribution in [3.63, 3.8) is 0 Å². The summed E-state index contributed by atoms with van der Waals surface area (Å²) in [6.45, 7) is 0.952. The van der Waals surface area contributed by atoms with Gasteiger partial charge in [0.25, 0.3) is 5.56 Å². The molecular formula is C15H13ClN4O3. The number of nitrogens with zero attached hydrogens (tertiary/aromatic N) is 4. The SMILES string of the molecule is Cn1ncc2c(=O)n(Cc3cc(Cl)cc4c3OCOC4)cnc21. The number of benzene rings is 1. The molecule has 0 spiro atoms. The van der Waals surface area contributed by atoms with Crippen LogP contribution in [0.5, 0.6) is 5.75 Å². The van der Waals surface area contributed by atoms with E-state index in [9.17, 15) is 4.79 Å². The predicted molar refractivity (Wildman–Crippen MR) is 83.6 cm³/mol. The fourth-order valence-corrected chi connectivity index (χ4v) is 3.00. The van der Waals surface area contributed by atoms with E-state index in [-0.39, 0.29) is 12.4 Å². The van der Waals surface area contributed by atoms with E-state index in [1.165, 1.54) is 17.1 Å². The Balaban J connectivity index is 1.81. The van der Waals surface area contributed by atoms with Gasteiger partial charge in [0.05, 0.1) is 19.3 Å². The highest BCUT2D eigenvalue weighted by molar-refractivity contribution is 6.30. The molecule has 7 nitrogen and oxygen atoms in total. The van der Waals surface area contributed by atoms with Crippen LogP contribution in [0.3, 0.4) is 0 Å². The number of aromatic nitrogens is 4. The third-order valence-electron chi connectivity index (χ3n) is 3.81. The van der Waals surface area contributed by atoms with Gasteiger partial charge >= 0.3 is 0 Å². The average molecular weight is 333 g/mol. The van der Waals surface area contributed by atoms with Gasteiger partial charge in [-0.05, 0) is 12.1 Å². The first-order valence-electron chi connectivity index (χ1n) is 7.02. The Hall–Kier alpha value is -2.38. The summed E-state index contributed by atoms with van der Waals surface area (Å²) in [7, 11) is 1.75. The Morgan fingerprint density at radius 1 is 1.39 bits per heavy atom. The van der Waals surface area contributed by atoms with Crippen LogP contribution in [0.15, 0.2) is 29.5 Å². The molecule has 0 atom stereocenters. The molecule has 1 aromatic carbocycles. The van der Waals surface area contributed by atoms with Gasteiger partial charge in [0.15, 0.2) is 12.4 Å². The summed E-state index contributed by atoms with van der Waals surface area (Å²) in [6, 6.07) is 3.61. The van der Waals surface area contributed by atoms with Crippen molar-refractivity contribution in [2.75, 3.05) is 6.79 Å². The number of hydrogen-bond acceptors (Lipinski definition) is 5. The maximum Gasteiger partial charge on any atom is 0.264 e. The molecule has 0 fully saturated rings. The van der Waals surface area contributed by atoms with Crippen LogP contribution in [0.1, 0.15) is 11.1 Å². The molecule has 0 radical (unpaired) electrons. The first kappa shape index (κ1) is 14.2. The molecule has 8 heteroatoms. The molecule has 4 rings (SSSR count). The van der Waals surface area contributed by atoms with Gasteiger partial charge in [0, 0.05) is 23.2 Å². The van der Waals surface area contributed by atoms with Crippen LogP contribution in [0.2, 0.25) is 5.02 Å². The Kier molecular flexibility index (Phi) is 3.32. The number of ether oxygens (including phenoxy) is 2. The van der Waals surface area contributed by atoms with Crippen LogP contribution in [-0.4, -0.2) is 26.1 Å². The fourth-order valence-electron chi connectivity index (χ4n) is 2.74. The maximum absolute atomic E-state index is 12.6.